The van der Waals surface area contributed by atoms with Gasteiger partial charge in [-0.25, -0.2) is 0 Å². The minimum Gasteiger partial charge on any atom is -0.352 e. The molecule has 1 heterocycles. The quantitative estimate of drug-likeness (QED) is 0.692. The number of carbonyl (C=O) groups excluding carboxylic acids is 1. The average molecular weight is 238 g/mol. The van der Waals surface area contributed by atoms with E-state index in [1.165, 1.54) is 0 Å². The van der Waals surface area contributed by atoms with Crippen LogP contribution in [0.5, 0.6) is 0 Å². The maximum absolute atomic E-state index is 11.5. The zero-order valence-corrected chi connectivity index (χ0v) is 10.7. The van der Waals surface area contributed by atoms with Crippen molar-refractivity contribution in [3.63, 3.8) is 0 Å². The third-order valence-electron chi connectivity index (χ3n) is 2.70. The van der Waals surface area contributed by atoms with Crippen LogP contribution in [0.1, 0.15) is 36.9 Å². The number of unbranched alkanes of at least 4 members (excludes halogenated alkanes) is 2. The average Bonchev–Trinajstić information content (AvgIpc) is 2.61. The van der Waals surface area contributed by atoms with E-state index >= 15 is 0 Å². The monoisotopic (exact) mass is 238 g/mol. The molecule has 0 spiro atoms. The Bertz CT molecular complexity index is 359. The molecule has 0 unspecified atom stereocenters. The molecule has 1 amide bonds. The van der Waals surface area contributed by atoms with Gasteiger partial charge in [0.2, 0.25) is 5.91 Å². The van der Waals surface area contributed by atoms with E-state index < -0.39 is 0 Å². The fourth-order valence-electron chi connectivity index (χ4n) is 1.71. The zero-order chi connectivity index (χ0) is 12.7. The van der Waals surface area contributed by atoms with Gasteiger partial charge in [0.05, 0.1) is 5.69 Å². The summed E-state index contributed by atoms with van der Waals surface area (Å²) in [7, 11) is 1.88. The van der Waals surface area contributed by atoms with Gasteiger partial charge in [-0.15, -0.1) is 0 Å². The van der Waals surface area contributed by atoms with Crippen molar-refractivity contribution in [1.29, 1.82) is 0 Å². The molecule has 3 N–H and O–H groups in total. The van der Waals surface area contributed by atoms with Gasteiger partial charge in [0, 0.05) is 31.8 Å². The lowest BCUT2D eigenvalue weighted by Crippen LogP contribution is -2.22. The van der Waals surface area contributed by atoms with Gasteiger partial charge >= 0.3 is 0 Å². The number of hydrogen-bond acceptors (Lipinski definition) is 3. The second kappa shape index (κ2) is 7.06. The van der Waals surface area contributed by atoms with Crippen molar-refractivity contribution < 1.29 is 4.79 Å². The molecule has 1 rings (SSSR count). The number of aromatic nitrogens is 2. The minimum atomic E-state index is 0.102. The number of rotatable bonds is 7. The molecular formula is C12H22N4O. The van der Waals surface area contributed by atoms with Crippen molar-refractivity contribution in [2.45, 2.75) is 39.2 Å². The Hall–Kier alpha value is -1.36. The third-order valence-corrected chi connectivity index (χ3v) is 2.70. The van der Waals surface area contributed by atoms with Crippen molar-refractivity contribution in [2.75, 3.05) is 6.54 Å². The maximum atomic E-state index is 11.5. The van der Waals surface area contributed by atoms with Crippen LogP contribution in [0.25, 0.3) is 0 Å². The predicted octanol–water partition coefficient (Wildman–Crippen LogP) is 0.864. The molecule has 0 radical (unpaired) electrons. The Morgan fingerprint density at radius 2 is 2.24 bits per heavy atom. The molecule has 0 aromatic carbocycles. The van der Waals surface area contributed by atoms with E-state index in [0.717, 1.165) is 30.5 Å². The number of nitrogens with one attached hydrogen (secondary N) is 1. The smallest absolute Gasteiger partial charge is 0.220 e. The van der Waals surface area contributed by atoms with Gasteiger partial charge in [-0.05, 0) is 26.3 Å². The van der Waals surface area contributed by atoms with E-state index in [0.29, 0.717) is 19.5 Å². The Morgan fingerprint density at radius 1 is 1.47 bits per heavy atom. The van der Waals surface area contributed by atoms with E-state index in [9.17, 15) is 4.79 Å². The molecule has 1 aromatic heterocycles. The summed E-state index contributed by atoms with van der Waals surface area (Å²) >= 11 is 0. The highest BCUT2D eigenvalue weighted by atomic mass is 16.1. The Morgan fingerprint density at radius 3 is 2.82 bits per heavy atom. The van der Waals surface area contributed by atoms with Gasteiger partial charge in [-0.3, -0.25) is 9.48 Å². The van der Waals surface area contributed by atoms with Crippen molar-refractivity contribution in [3.8, 4) is 0 Å². The number of nitrogens with two attached hydrogens (primary N) is 1. The van der Waals surface area contributed by atoms with Gasteiger partial charge in [-0.1, -0.05) is 6.42 Å². The summed E-state index contributed by atoms with van der Waals surface area (Å²) < 4.78 is 1.76. The van der Waals surface area contributed by atoms with Gasteiger partial charge in [0.15, 0.2) is 0 Å². The summed E-state index contributed by atoms with van der Waals surface area (Å²) in [4.78, 5) is 11.5. The highest BCUT2D eigenvalue weighted by molar-refractivity contribution is 5.75. The molecule has 0 bridgehead atoms. The first-order valence-electron chi connectivity index (χ1n) is 6.09. The molecule has 17 heavy (non-hydrogen) atoms. The summed E-state index contributed by atoms with van der Waals surface area (Å²) in [5.74, 6) is 0.102. The van der Waals surface area contributed by atoms with Crippen LogP contribution in [-0.2, 0) is 18.4 Å². The van der Waals surface area contributed by atoms with Crippen LogP contribution in [0.4, 0.5) is 0 Å². The Labute approximate surface area is 102 Å². The molecule has 0 saturated carbocycles. The van der Waals surface area contributed by atoms with Crippen LogP contribution in [0.2, 0.25) is 0 Å². The second-order valence-corrected chi connectivity index (χ2v) is 4.29. The summed E-state index contributed by atoms with van der Waals surface area (Å²) in [6.45, 7) is 3.22. The molecule has 1 aromatic rings. The first kappa shape index (κ1) is 13.7. The summed E-state index contributed by atoms with van der Waals surface area (Å²) in [6, 6.07) is 0. The van der Waals surface area contributed by atoms with Crippen LogP contribution >= 0.6 is 0 Å². The first-order valence-corrected chi connectivity index (χ1v) is 6.09. The molecule has 0 saturated heterocycles. The largest absolute Gasteiger partial charge is 0.352 e. The molecule has 96 valence electrons. The number of hydrogen-bond donors (Lipinski definition) is 2. The topological polar surface area (TPSA) is 72.9 Å². The van der Waals surface area contributed by atoms with Crippen molar-refractivity contribution >= 4 is 5.91 Å². The van der Waals surface area contributed by atoms with Crippen molar-refractivity contribution in [1.82, 2.24) is 15.1 Å². The summed E-state index contributed by atoms with van der Waals surface area (Å²) in [5, 5.41) is 7.13. The van der Waals surface area contributed by atoms with Crippen molar-refractivity contribution in [3.05, 3.63) is 17.5 Å². The normalized spacial score (nSPS) is 10.5. The van der Waals surface area contributed by atoms with Gasteiger partial charge < -0.3 is 11.1 Å². The lowest BCUT2D eigenvalue weighted by molar-refractivity contribution is -0.121. The fourth-order valence-corrected chi connectivity index (χ4v) is 1.71. The Balaban J connectivity index is 2.21. The number of aryl methyl sites for hydroxylation is 2. The first-order chi connectivity index (χ1) is 8.13. The van der Waals surface area contributed by atoms with Gasteiger partial charge in [-0.2, -0.15) is 5.10 Å². The summed E-state index contributed by atoms with van der Waals surface area (Å²) in [6.07, 6.45) is 5.45. The van der Waals surface area contributed by atoms with Crippen LogP contribution in [0.15, 0.2) is 6.20 Å². The molecular weight excluding hydrogens is 216 g/mol. The molecule has 0 atom stereocenters. The molecule has 0 aliphatic heterocycles. The van der Waals surface area contributed by atoms with Crippen molar-refractivity contribution in [2.24, 2.45) is 12.8 Å². The highest BCUT2D eigenvalue weighted by Crippen LogP contribution is 2.04. The maximum Gasteiger partial charge on any atom is 0.220 e. The molecule has 5 nitrogen and oxygen atoms in total. The fraction of sp³-hybridized carbons (Fsp3) is 0.667. The van der Waals surface area contributed by atoms with E-state index in [2.05, 4.69) is 10.4 Å². The molecule has 5 heteroatoms. The molecule has 0 fully saturated rings. The zero-order valence-electron chi connectivity index (χ0n) is 10.7. The standard InChI is InChI=1S/C12H22N4O/c1-10-11(9-16(2)15-10)8-14-12(17)6-4-3-5-7-13/h9H,3-8,13H2,1-2H3,(H,14,17). The lowest BCUT2D eigenvalue weighted by atomic mass is 10.2. The van der Waals surface area contributed by atoms with Crippen LogP contribution < -0.4 is 11.1 Å². The molecule has 0 aliphatic carbocycles. The second-order valence-electron chi connectivity index (χ2n) is 4.29. The highest BCUT2D eigenvalue weighted by Gasteiger charge is 2.05. The van der Waals surface area contributed by atoms with E-state index in [-0.39, 0.29) is 5.91 Å². The predicted molar refractivity (Wildman–Crippen MR) is 67.3 cm³/mol. The van der Waals surface area contributed by atoms with Crippen LogP contribution in [0, 0.1) is 6.92 Å². The van der Waals surface area contributed by atoms with E-state index in [1.54, 1.807) is 4.68 Å². The lowest BCUT2D eigenvalue weighted by Gasteiger charge is -2.04. The third kappa shape index (κ3) is 4.99. The van der Waals surface area contributed by atoms with Gasteiger partial charge in [0.1, 0.15) is 0 Å². The van der Waals surface area contributed by atoms with Crippen LogP contribution in [0.3, 0.4) is 0 Å². The Kier molecular flexibility index (Phi) is 5.69. The van der Waals surface area contributed by atoms with Crippen LogP contribution in [-0.4, -0.2) is 22.2 Å². The van der Waals surface area contributed by atoms with E-state index in [4.69, 9.17) is 5.73 Å². The number of nitrogens with zero attached hydrogens (tertiary/aromatic N) is 2. The SMILES string of the molecule is Cc1nn(C)cc1CNC(=O)CCCCCN. The van der Waals surface area contributed by atoms with E-state index in [1.807, 2.05) is 20.2 Å². The minimum absolute atomic E-state index is 0.102. The van der Waals surface area contributed by atoms with Gasteiger partial charge in [0.25, 0.3) is 0 Å². The summed E-state index contributed by atoms with van der Waals surface area (Å²) in [5.41, 5.74) is 7.43. The number of amides is 1. The number of carbonyl (C=O) groups is 1. The molecule has 0 aliphatic rings.